The Bertz CT molecular complexity index is 1140. The third-order valence-electron chi connectivity index (χ3n) is 4.24. The van der Waals surface area contributed by atoms with E-state index in [2.05, 4.69) is 0 Å². The van der Waals surface area contributed by atoms with E-state index >= 15 is 0 Å². The number of benzene rings is 4. The SMILES string of the molecule is FC(F)(F)SOc1ccc2c3ccccc3c3ccc(OSC(F)(F)F)cc3c2c1. The first-order valence-corrected chi connectivity index (χ1v) is 9.82. The van der Waals surface area contributed by atoms with E-state index in [9.17, 15) is 26.3 Å². The zero-order chi connectivity index (χ0) is 21.5. The van der Waals surface area contributed by atoms with Gasteiger partial charge >= 0.3 is 11.0 Å². The highest BCUT2D eigenvalue weighted by molar-refractivity contribution is 7.96. The molecule has 0 amide bonds. The van der Waals surface area contributed by atoms with Gasteiger partial charge in [0.05, 0.1) is 0 Å². The van der Waals surface area contributed by atoms with Crippen LogP contribution in [0.3, 0.4) is 0 Å². The summed E-state index contributed by atoms with van der Waals surface area (Å²) in [5.41, 5.74) is -9.15. The highest BCUT2D eigenvalue weighted by Gasteiger charge is 2.32. The van der Waals surface area contributed by atoms with Crippen LogP contribution in [0.2, 0.25) is 0 Å². The summed E-state index contributed by atoms with van der Waals surface area (Å²) in [6.45, 7) is 0. The first-order valence-electron chi connectivity index (χ1n) is 8.34. The summed E-state index contributed by atoms with van der Waals surface area (Å²) in [5, 5.41) is 4.23. The molecule has 0 saturated heterocycles. The minimum Gasteiger partial charge on any atom is -0.417 e. The summed E-state index contributed by atoms with van der Waals surface area (Å²) < 4.78 is 84.4. The molecule has 0 saturated carbocycles. The molecule has 0 heterocycles. The number of hydrogen-bond donors (Lipinski definition) is 0. The van der Waals surface area contributed by atoms with Gasteiger partial charge < -0.3 is 8.37 Å². The molecule has 10 heteroatoms. The van der Waals surface area contributed by atoms with Crippen molar-refractivity contribution in [3.63, 3.8) is 0 Å². The van der Waals surface area contributed by atoms with E-state index in [1.807, 2.05) is 24.3 Å². The second-order valence-electron chi connectivity index (χ2n) is 6.19. The van der Waals surface area contributed by atoms with Crippen molar-refractivity contribution >= 4 is 56.4 Å². The average Bonchev–Trinajstić information content (AvgIpc) is 2.69. The molecule has 0 atom stereocenters. The van der Waals surface area contributed by atoms with Gasteiger partial charge in [0.25, 0.3) is 0 Å². The maximum Gasteiger partial charge on any atom is 0.479 e. The molecule has 0 unspecified atom stereocenters. The standard InChI is InChI=1S/C20H10F6O2S2/c21-19(22,23)29-27-11-5-7-15-13-3-1-2-4-14(13)16-8-6-12(28-30-20(24,25)26)10-18(16)17(15)9-11/h1-10H. The summed E-state index contributed by atoms with van der Waals surface area (Å²) in [5.74, 6) is -0.0604. The van der Waals surface area contributed by atoms with E-state index in [-0.39, 0.29) is 11.5 Å². The monoisotopic (exact) mass is 460 g/mol. The van der Waals surface area contributed by atoms with E-state index in [0.717, 1.165) is 21.5 Å². The molecular weight excluding hydrogens is 450 g/mol. The number of rotatable bonds is 4. The Morgan fingerprint density at radius 3 is 1.23 bits per heavy atom. The molecule has 0 aromatic heterocycles. The summed E-state index contributed by atoms with van der Waals surface area (Å²) >= 11 is -1.27. The van der Waals surface area contributed by atoms with Crippen LogP contribution in [0.25, 0.3) is 32.3 Å². The van der Waals surface area contributed by atoms with Gasteiger partial charge in [0.15, 0.2) is 24.1 Å². The third kappa shape index (κ3) is 4.49. The molecule has 0 radical (unpaired) electrons. The van der Waals surface area contributed by atoms with Crippen molar-refractivity contribution in [2.75, 3.05) is 0 Å². The molecule has 4 rings (SSSR count). The second-order valence-corrected chi connectivity index (χ2v) is 7.78. The molecule has 2 nitrogen and oxygen atoms in total. The molecule has 156 valence electrons. The summed E-state index contributed by atoms with van der Waals surface area (Å²) in [6.07, 6.45) is 0. The molecule has 4 aromatic carbocycles. The van der Waals surface area contributed by atoms with E-state index < -0.39 is 35.1 Å². The van der Waals surface area contributed by atoms with Crippen molar-refractivity contribution in [1.29, 1.82) is 0 Å². The zero-order valence-corrected chi connectivity index (χ0v) is 16.3. The van der Waals surface area contributed by atoms with Gasteiger partial charge in [0, 0.05) is 0 Å². The van der Waals surface area contributed by atoms with Gasteiger partial charge in [-0.15, -0.1) is 0 Å². The fraction of sp³-hybridized carbons (Fsp3) is 0.100. The topological polar surface area (TPSA) is 18.5 Å². The van der Waals surface area contributed by atoms with Crippen LogP contribution in [0.1, 0.15) is 0 Å². The highest BCUT2D eigenvalue weighted by Crippen LogP contribution is 2.41. The van der Waals surface area contributed by atoms with Crippen LogP contribution in [0.4, 0.5) is 26.3 Å². The van der Waals surface area contributed by atoms with Crippen molar-refractivity contribution in [3.05, 3.63) is 60.7 Å². The van der Waals surface area contributed by atoms with Crippen molar-refractivity contribution in [2.45, 2.75) is 11.0 Å². The van der Waals surface area contributed by atoms with Crippen LogP contribution in [0.15, 0.2) is 60.7 Å². The van der Waals surface area contributed by atoms with E-state index in [1.54, 1.807) is 12.1 Å². The largest absolute Gasteiger partial charge is 0.479 e. The van der Waals surface area contributed by atoms with Gasteiger partial charge in [0.2, 0.25) is 0 Å². The lowest BCUT2D eigenvalue weighted by Gasteiger charge is -2.13. The third-order valence-corrected chi connectivity index (χ3v) is 5.17. The number of halogens is 6. The van der Waals surface area contributed by atoms with Crippen molar-refractivity contribution in [1.82, 2.24) is 0 Å². The molecule has 0 aliphatic rings. The molecule has 0 N–H and O–H groups in total. The van der Waals surface area contributed by atoms with Crippen LogP contribution in [-0.2, 0) is 0 Å². The quantitative estimate of drug-likeness (QED) is 0.173. The summed E-state index contributed by atoms with van der Waals surface area (Å²) in [7, 11) is 0. The smallest absolute Gasteiger partial charge is 0.417 e. The van der Waals surface area contributed by atoms with Crippen LogP contribution < -0.4 is 8.37 Å². The Kier molecular flexibility index (Phi) is 5.31. The fourth-order valence-electron chi connectivity index (χ4n) is 3.21. The number of alkyl halides is 6. The van der Waals surface area contributed by atoms with Crippen LogP contribution in [-0.4, -0.2) is 11.0 Å². The minimum atomic E-state index is -4.57. The molecule has 0 fully saturated rings. The van der Waals surface area contributed by atoms with Gasteiger partial charge in [-0.25, -0.2) is 0 Å². The maximum absolute atomic E-state index is 12.5. The first kappa shape index (κ1) is 20.8. The van der Waals surface area contributed by atoms with Gasteiger partial charge in [-0.05, 0) is 68.7 Å². The summed E-state index contributed by atoms with van der Waals surface area (Å²) in [6, 6.07) is 16.3. The van der Waals surface area contributed by atoms with Gasteiger partial charge in [-0.2, -0.15) is 26.3 Å². The lowest BCUT2D eigenvalue weighted by molar-refractivity contribution is -0.0377. The second kappa shape index (κ2) is 7.66. The van der Waals surface area contributed by atoms with Gasteiger partial charge in [-0.3, -0.25) is 0 Å². The Balaban J connectivity index is 1.90. The Morgan fingerprint density at radius 2 is 0.867 bits per heavy atom. The van der Waals surface area contributed by atoms with E-state index in [4.69, 9.17) is 8.37 Å². The van der Waals surface area contributed by atoms with Crippen LogP contribution in [0.5, 0.6) is 11.5 Å². The molecular formula is C20H10F6O2S2. The number of fused-ring (bicyclic) bond motifs is 6. The molecule has 0 bridgehead atoms. The molecule has 0 spiro atoms. The normalized spacial score (nSPS) is 12.6. The van der Waals surface area contributed by atoms with E-state index in [1.165, 1.54) is 24.3 Å². The van der Waals surface area contributed by atoms with E-state index in [0.29, 0.717) is 10.8 Å². The van der Waals surface area contributed by atoms with Gasteiger partial charge in [0.1, 0.15) is 11.5 Å². The maximum atomic E-state index is 12.5. The molecule has 4 aromatic rings. The molecule has 0 aliphatic carbocycles. The Morgan fingerprint density at radius 1 is 0.500 bits per heavy atom. The minimum absolute atomic E-state index is 0.0302. The predicted octanol–water partition coefficient (Wildman–Crippen LogP) is 8.24. The Labute approximate surface area is 174 Å². The highest BCUT2D eigenvalue weighted by atomic mass is 32.2. The van der Waals surface area contributed by atoms with Crippen LogP contribution >= 0.6 is 24.1 Å². The number of hydrogen-bond acceptors (Lipinski definition) is 4. The van der Waals surface area contributed by atoms with Crippen molar-refractivity contribution in [2.24, 2.45) is 0 Å². The molecule has 0 aliphatic heterocycles. The lowest BCUT2D eigenvalue weighted by Crippen LogP contribution is -2.02. The van der Waals surface area contributed by atoms with Crippen molar-refractivity contribution < 1.29 is 34.7 Å². The first-order chi connectivity index (χ1) is 14.1. The molecule has 30 heavy (non-hydrogen) atoms. The fourth-order valence-corrected chi connectivity index (χ4v) is 3.80. The lowest BCUT2D eigenvalue weighted by atomic mass is 9.94. The van der Waals surface area contributed by atoms with Crippen molar-refractivity contribution in [3.8, 4) is 11.5 Å². The summed E-state index contributed by atoms with van der Waals surface area (Å²) in [4.78, 5) is 0. The average molecular weight is 460 g/mol. The van der Waals surface area contributed by atoms with Gasteiger partial charge in [-0.1, -0.05) is 24.3 Å². The zero-order valence-electron chi connectivity index (χ0n) is 14.7. The Hall–Kier alpha value is -2.46. The van der Waals surface area contributed by atoms with Crippen LogP contribution in [0, 0.1) is 0 Å². The predicted molar refractivity (Wildman–Crippen MR) is 108 cm³/mol.